The van der Waals surface area contributed by atoms with Crippen molar-refractivity contribution >= 4 is 5.78 Å². The summed E-state index contributed by atoms with van der Waals surface area (Å²) >= 11 is 0. The van der Waals surface area contributed by atoms with Gasteiger partial charge in [0.15, 0.2) is 0 Å². The van der Waals surface area contributed by atoms with Crippen LogP contribution in [0, 0.1) is 11.8 Å². The summed E-state index contributed by atoms with van der Waals surface area (Å²) in [7, 11) is 0. The van der Waals surface area contributed by atoms with Gasteiger partial charge in [0, 0.05) is 18.3 Å². The highest BCUT2D eigenvalue weighted by atomic mass is 16.3. The summed E-state index contributed by atoms with van der Waals surface area (Å²) in [5.74, 6) is 0.0412. The van der Waals surface area contributed by atoms with E-state index in [0.717, 1.165) is 25.7 Å². The van der Waals surface area contributed by atoms with Gasteiger partial charge in [0.1, 0.15) is 5.78 Å². The molecule has 0 heterocycles. The molecular formula is C18H32O3. The molecule has 0 radical (unpaired) electrons. The van der Waals surface area contributed by atoms with E-state index < -0.39 is 12.2 Å². The molecule has 0 aromatic carbocycles. The fourth-order valence-electron chi connectivity index (χ4n) is 3.21. The standard InChI is InChI=1S/C18H32O3/c1-3-5-6-7-8-10-15-16(18(21)13-17(15)20)12-11-14(19)9-4-2/h11-12,14-16,18-19,21H,3-10,13H2,1-2H3/b12-11+. The largest absolute Gasteiger partial charge is 0.392 e. The van der Waals surface area contributed by atoms with E-state index in [-0.39, 0.29) is 24.0 Å². The number of carbonyl (C=O) groups is 1. The number of ketones is 1. The minimum Gasteiger partial charge on any atom is -0.392 e. The highest BCUT2D eigenvalue weighted by Crippen LogP contribution is 2.34. The third kappa shape index (κ3) is 6.31. The van der Waals surface area contributed by atoms with Gasteiger partial charge >= 0.3 is 0 Å². The van der Waals surface area contributed by atoms with Crippen LogP contribution in [0.3, 0.4) is 0 Å². The number of unbranched alkanes of at least 4 members (excludes halogenated alkanes) is 4. The SMILES string of the molecule is CCCCCCCC1C(=O)CC(O)C1/C=C/C(O)CCC. The lowest BCUT2D eigenvalue weighted by atomic mass is 9.88. The monoisotopic (exact) mass is 296 g/mol. The van der Waals surface area contributed by atoms with Gasteiger partial charge in [0.05, 0.1) is 12.2 Å². The molecule has 1 rings (SSSR count). The second-order valence-corrected chi connectivity index (χ2v) is 6.37. The Morgan fingerprint density at radius 2 is 1.90 bits per heavy atom. The summed E-state index contributed by atoms with van der Waals surface area (Å²) in [5, 5.41) is 19.8. The molecule has 0 aliphatic heterocycles. The van der Waals surface area contributed by atoms with Gasteiger partial charge in [-0.3, -0.25) is 4.79 Å². The topological polar surface area (TPSA) is 57.5 Å². The first-order valence-corrected chi connectivity index (χ1v) is 8.67. The van der Waals surface area contributed by atoms with Gasteiger partial charge in [-0.05, 0) is 12.8 Å². The summed E-state index contributed by atoms with van der Waals surface area (Å²) in [6.45, 7) is 4.23. The molecule has 0 bridgehead atoms. The van der Waals surface area contributed by atoms with Crippen molar-refractivity contribution in [3.63, 3.8) is 0 Å². The Balaban J connectivity index is 2.47. The maximum Gasteiger partial charge on any atom is 0.139 e. The molecule has 3 heteroatoms. The predicted octanol–water partition coefficient (Wildman–Crippen LogP) is 3.63. The summed E-state index contributed by atoms with van der Waals surface area (Å²) in [4.78, 5) is 12.0. The van der Waals surface area contributed by atoms with Crippen molar-refractivity contribution < 1.29 is 15.0 Å². The minimum absolute atomic E-state index is 0.0493. The fraction of sp³-hybridized carbons (Fsp3) is 0.833. The highest BCUT2D eigenvalue weighted by Gasteiger charge is 2.39. The molecule has 1 fully saturated rings. The van der Waals surface area contributed by atoms with Crippen molar-refractivity contribution in [2.24, 2.45) is 11.8 Å². The van der Waals surface area contributed by atoms with Gasteiger partial charge in [0.25, 0.3) is 0 Å². The number of aliphatic hydroxyl groups is 2. The summed E-state index contributed by atoms with van der Waals surface area (Å²) in [6, 6.07) is 0. The molecule has 0 aromatic rings. The Labute approximate surface area is 129 Å². The van der Waals surface area contributed by atoms with Crippen molar-refractivity contribution in [2.75, 3.05) is 0 Å². The summed E-state index contributed by atoms with van der Waals surface area (Å²) < 4.78 is 0. The zero-order valence-electron chi connectivity index (χ0n) is 13.6. The molecule has 0 amide bonds. The molecule has 2 N–H and O–H groups in total. The number of carbonyl (C=O) groups excluding carboxylic acids is 1. The highest BCUT2D eigenvalue weighted by molar-refractivity contribution is 5.84. The van der Waals surface area contributed by atoms with Crippen LogP contribution in [0.5, 0.6) is 0 Å². The first-order valence-electron chi connectivity index (χ1n) is 8.67. The smallest absolute Gasteiger partial charge is 0.139 e. The van der Waals surface area contributed by atoms with Gasteiger partial charge in [-0.15, -0.1) is 0 Å². The van der Waals surface area contributed by atoms with Crippen molar-refractivity contribution in [1.82, 2.24) is 0 Å². The normalized spacial score (nSPS) is 27.6. The van der Waals surface area contributed by atoms with Crippen LogP contribution in [0.2, 0.25) is 0 Å². The molecule has 0 spiro atoms. The zero-order chi connectivity index (χ0) is 15.7. The quantitative estimate of drug-likeness (QED) is 0.478. The van der Waals surface area contributed by atoms with E-state index in [9.17, 15) is 15.0 Å². The minimum atomic E-state index is -0.566. The van der Waals surface area contributed by atoms with Crippen LogP contribution in [-0.4, -0.2) is 28.2 Å². The average molecular weight is 296 g/mol. The van der Waals surface area contributed by atoms with Crippen LogP contribution in [0.1, 0.15) is 71.6 Å². The third-order valence-corrected chi connectivity index (χ3v) is 4.49. The Kier molecular flexibility index (Phi) is 8.86. The molecule has 1 aliphatic rings. The van der Waals surface area contributed by atoms with Crippen LogP contribution in [0.15, 0.2) is 12.2 Å². The second kappa shape index (κ2) is 10.1. The van der Waals surface area contributed by atoms with Gasteiger partial charge in [-0.1, -0.05) is 64.5 Å². The van der Waals surface area contributed by atoms with Gasteiger partial charge in [-0.2, -0.15) is 0 Å². The second-order valence-electron chi connectivity index (χ2n) is 6.37. The molecule has 4 unspecified atom stereocenters. The number of aliphatic hydroxyl groups excluding tert-OH is 2. The summed E-state index contributed by atoms with van der Waals surface area (Å²) in [6.07, 6.45) is 11.4. The van der Waals surface area contributed by atoms with E-state index in [1.807, 2.05) is 13.0 Å². The maximum atomic E-state index is 12.0. The van der Waals surface area contributed by atoms with E-state index in [0.29, 0.717) is 0 Å². The van der Waals surface area contributed by atoms with E-state index >= 15 is 0 Å². The number of Topliss-reactive ketones (excluding diaryl/α,β-unsaturated/α-hetero) is 1. The van der Waals surface area contributed by atoms with Gasteiger partial charge in [0.2, 0.25) is 0 Å². The lowest BCUT2D eigenvalue weighted by Crippen LogP contribution is -2.19. The Morgan fingerprint density at radius 1 is 1.19 bits per heavy atom. The van der Waals surface area contributed by atoms with Crippen LogP contribution in [0.25, 0.3) is 0 Å². The molecular weight excluding hydrogens is 264 g/mol. The summed E-state index contributed by atoms with van der Waals surface area (Å²) in [5.41, 5.74) is 0. The molecule has 1 saturated carbocycles. The molecule has 0 saturated heterocycles. The van der Waals surface area contributed by atoms with Crippen LogP contribution < -0.4 is 0 Å². The van der Waals surface area contributed by atoms with Crippen LogP contribution >= 0.6 is 0 Å². The molecule has 3 nitrogen and oxygen atoms in total. The zero-order valence-corrected chi connectivity index (χ0v) is 13.6. The fourth-order valence-corrected chi connectivity index (χ4v) is 3.21. The van der Waals surface area contributed by atoms with E-state index in [4.69, 9.17) is 0 Å². The van der Waals surface area contributed by atoms with E-state index in [1.165, 1.54) is 25.7 Å². The molecule has 1 aliphatic carbocycles. The van der Waals surface area contributed by atoms with Crippen LogP contribution in [-0.2, 0) is 4.79 Å². The van der Waals surface area contributed by atoms with Crippen LogP contribution in [0.4, 0.5) is 0 Å². The number of hydrogen-bond donors (Lipinski definition) is 2. The van der Waals surface area contributed by atoms with Crippen molar-refractivity contribution in [2.45, 2.75) is 83.8 Å². The Bertz CT molecular complexity index is 324. The Morgan fingerprint density at radius 3 is 2.57 bits per heavy atom. The lowest BCUT2D eigenvalue weighted by Gasteiger charge is -2.18. The average Bonchev–Trinajstić information content (AvgIpc) is 2.71. The maximum absolute atomic E-state index is 12.0. The number of rotatable bonds is 10. The number of hydrogen-bond acceptors (Lipinski definition) is 3. The third-order valence-electron chi connectivity index (χ3n) is 4.49. The predicted molar refractivity (Wildman–Crippen MR) is 86.0 cm³/mol. The van der Waals surface area contributed by atoms with Crippen molar-refractivity contribution in [3.8, 4) is 0 Å². The van der Waals surface area contributed by atoms with Gasteiger partial charge < -0.3 is 10.2 Å². The lowest BCUT2D eigenvalue weighted by molar-refractivity contribution is -0.121. The first kappa shape index (κ1) is 18.4. The van der Waals surface area contributed by atoms with Crippen molar-refractivity contribution in [1.29, 1.82) is 0 Å². The van der Waals surface area contributed by atoms with E-state index in [2.05, 4.69) is 6.92 Å². The van der Waals surface area contributed by atoms with E-state index in [1.54, 1.807) is 6.08 Å². The van der Waals surface area contributed by atoms with Crippen molar-refractivity contribution in [3.05, 3.63) is 12.2 Å². The van der Waals surface area contributed by atoms with Gasteiger partial charge in [-0.25, -0.2) is 0 Å². The first-order chi connectivity index (χ1) is 10.1. The molecule has 122 valence electrons. The Hall–Kier alpha value is -0.670. The molecule has 4 atom stereocenters. The molecule has 21 heavy (non-hydrogen) atoms. The molecule has 0 aromatic heterocycles.